The molecule has 0 radical (unpaired) electrons. The molecule has 0 aliphatic rings. The fourth-order valence-corrected chi connectivity index (χ4v) is 2.62. The number of halogens is 1. The minimum Gasteiger partial charge on any atom is -0.496 e. The normalized spacial score (nSPS) is 11.0. The molecule has 0 aliphatic carbocycles. The first kappa shape index (κ1) is 22.3. The Balaban J connectivity index is 0.00000338. The van der Waals surface area contributed by atoms with E-state index in [4.69, 9.17) is 4.74 Å². The maximum Gasteiger partial charge on any atom is 0.191 e. The second-order valence-electron chi connectivity index (χ2n) is 5.91. The van der Waals surface area contributed by atoms with Gasteiger partial charge in [0.2, 0.25) is 0 Å². The topological polar surface area (TPSA) is 63.5 Å². The smallest absolute Gasteiger partial charge is 0.191 e. The third-order valence-electron chi connectivity index (χ3n) is 3.87. The van der Waals surface area contributed by atoms with Gasteiger partial charge in [0.15, 0.2) is 5.96 Å². The number of imidazole rings is 1. The highest BCUT2D eigenvalue weighted by Gasteiger charge is 2.04. The summed E-state index contributed by atoms with van der Waals surface area (Å²) < 4.78 is 7.51. The van der Waals surface area contributed by atoms with Crippen LogP contribution in [0.25, 0.3) is 0 Å². The van der Waals surface area contributed by atoms with Gasteiger partial charge in [0, 0.05) is 38.6 Å². The molecule has 144 valence electrons. The molecular formula is C19H30IN5O. The van der Waals surface area contributed by atoms with E-state index in [2.05, 4.69) is 51.2 Å². The lowest BCUT2D eigenvalue weighted by Gasteiger charge is -2.13. The first-order chi connectivity index (χ1) is 12.2. The number of aryl methyl sites for hydroxylation is 2. The quantitative estimate of drug-likeness (QED) is 0.256. The standard InChI is InChI=1S/C19H29N5O.HI/c1-4-21-19(22-9-5-12-24-13-11-20-15-24)23-10-8-17-14-16(2)6-7-18(17)25-3;/h6-7,11,13-15H,4-5,8-10,12H2,1-3H3,(H2,21,22,23);1H. The van der Waals surface area contributed by atoms with Crippen molar-refractivity contribution in [3.8, 4) is 5.75 Å². The van der Waals surface area contributed by atoms with Crippen LogP contribution in [0.2, 0.25) is 0 Å². The molecule has 1 heterocycles. The highest BCUT2D eigenvalue weighted by molar-refractivity contribution is 14.0. The largest absolute Gasteiger partial charge is 0.496 e. The Morgan fingerprint density at radius 1 is 1.31 bits per heavy atom. The average molecular weight is 471 g/mol. The number of ether oxygens (including phenoxy) is 1. The molecule has 0 bridgehead atoms. The average Bonchev–Trinajstić information content (AvgIpc) is 3.12. The van der Waals surface area contributed by atoms with Gasteiger partial charge in [0.05, 0.1) is 13.4 Å². The number of hydrogen-bond acceptors (Lipinski definition) is 3. The Hall–Kier alpha value is -1.77. The van der Waals surface area contributed by atoms with Crippen molar-refractivity contribution < 1.29 is 4.74 Å². The van der Waals surface area contributed by atoms with E-state index in [0.717, 1.165) is 50.7 Å². The van der Waals surface area contributed by atoms with Crippen molar-refractivity contribution >= 4 is 29.9 Å². The molecule has 0 spiro atoms. The summed E-state index contributed by atoms with van der Waals surface area (Å²) in [6.45, 7) is 7.55. The Labute approximate surface area is 173 Å². The van der Waals surface area contributed by atoms with Crippen LogP contribution >= 0.6 is 24.0 Å². The van der Waals surface area contributed by atoms with Crippen LogP contribution in [0.1, 0.15) is 24.5 Å². The van der Waals surface area contributed by atoms with Gasteiger partial charge in [-0.15, -0.1) is 24.0 Å². The number of benzene rings is 1. The van der Waals surface area contributed by atoms with Crippen molar-refractivity contribution in [2.24, 2.45) is 4.99 Å². The van der Waals surface area contributed by atoms with Gasteiger partial charge < -0.3 is 19.9 Å². The van der Waals surface area contributed by atoms with E-state index in [9.17, 15) is 0 Å². The third kappa shape index (κ3) is 7.63. The summed E-state index contributed by atoms with van der Waals surface area (Å²) in [5.41, 5.74) is 2.46. The summed E-state index contributed by atoms with van der Waals surface area (Å²) >= 11 is 0. The van der Waals surface area contributed by atoms with E-state index in [-0.39, 0.29) is 24.0 Å². The van der Waals surface area contributed by atoms with Crippen molar-refractivity contribution in [3.63, 3.8) is 0 Å². The molecule has 0 amide bonds. The second-order valence-corrected chi connectivity index (χ2v) is 5.91. The molecule has 0 unspecified atom stereocenters. The summed E-state index contributed by atoms with van der Waals surface area (Å²) in [7, 11) is 1.72. The third-order valence-corrected chi connectivity index (χ3v) is 3.87. The molecule has 7 heteroatoms. The zero-order valence-electron chi connectivity index (χ0n) is 15.9. The molecule has 0 atom stereocenters. The van der Waals surface area contributed by atoms with Gasteiger partial charge in [-0.05, 0) is 38.3 Å². The van der Waals surface area contributed by atoms with Crippen molar-refractivity contribution in [2.75, 3.05) is 26.7 Å². The number of guanidine groups is 1. The minimum absolute atomic E-state index is 0. The lowest BCUT2D eigenvalue weighted by molar-refractivity contribution is 0.409. The number of nitrogens with one attached hydrogen (secondary N) is 2. The van der Waals surface area contributed by atoms with Crippen LogP contribution < -0.4 is 15.4 Å². The van der Waals surface area contributed by atoms with Gasteiger partial charge in [-0.25, -0.2) is 4.98 Å². The van der Waals surface area contributed by atoms with Crippen LogP contribution in [-0.4, -0.2) is 42.3 Å². The molecule has 0 saturated carbocycles. The van der Waals surface area contributed by atoms with Crippen LogP contribution in [-0.2, 0) is 13.0 Å². The lowest BCUT2D eigenvalue weighted by Crippen LogP contribution is -2.38. The lowest BCUT2D eigenvalue weighted by atomic mass is 10.1. The van der Waals surface area contributed by atoms with Gasteiger partial charge in [0.1, 0.15) is 5.75 Å². The van der Waals surface area contributed by atoms with E-state index in [1.54, 1.807) is 13.3 Å². The van der Waals surface area contributed by atoms with Crippen molar-refractivity contribution in [1.29, 1.82) is 0 Å². The first-order valence-electron chi connectivity index (χ1n) is 8.84. The van der Waals surface area contributed by atoms with Gasteiger partial charge >= 0.3 is 0 Å². The molecule has 2 N–H and O–H groups in total. The molecule has 1 aromatic heterocycles. The summed E-state index contributed by atoms with van der Waals surface area (Å²) in [5, 5.41) is 6.69. The van der Waals surface area contributed by atoms with Gasteiger partial charge in [-0.3, -0.25) is 4.99 Å². The SMILES string of the molecule is CCNC(=NCCCn1ccnc1)NCCc1cc(C)ccc1OC.I. The van der Waals surface area contributed by atoms with E-state index in [0.29, 0.717) is 0 Å². The predicted molar refractivity (Wildman–Crippen MR) is 118 cm³/mol. The maximum absolute atomic E-state index is 5.44. The molecule has 1 aromatic carbocycles. The highest BCUT2D eigenvalue weighted by atomic mass is 127. The van der Waals surface area contributed by atoms with Crippen LogP contribution in [0.5, 0.6) is 5.75 Å². The number of aliphatic imine (C=N–C) groups is 1. The van der Waals surface area contributed by atoms with Crippen molar-refractivity contribution in [1.82, 2.24) is 20.2 Å². The number of hydrogen-bond donors (Lipinski definition) is 2. The maximum atomic E-state index is 5.44. The van der Waals surface area contributed by atoms with Crippen LogP contribution in [0.15, 0.2) is 41.9 Å². The summed E-state index contributed by atoms with van der Waals surface area (Å²) in [4.78, 5) is 8.68. The van der Waals surface area contributed by atoms with Gasteiger partial charge in [0.25, 0.3) is 0 Å². The Kier molecular flexibility index (Phi) is 10.8. The molecule has 0 fully saturated rings. The molecular weight excluding hydrogens is 441 g/mol. The first-order valence-corrected chi connectivity index (χ1v) is 8.84. The summed E-state index contributed by atoms with van der Waals surface area (Å²) in [6, 6.07) is 6.28. The van der Waals surface area contributed by atoms with E-state index >= 15 is 0 Å². The number of nitrogens with zero attached hydrogens (tertiary/aromatic N) is 3. The number of rotatable bonds is 9. The monoisotopic (exact) mass is 471 g/mol. The van der Waals surface area contributed by atoms with Crippen LogP contribution in [0.4, 0.5) is 0 Å². The van der Waals surface area contributed by atoms with E-state index in [1.807, 2.05) is 18.6 Å². The van der Waals surface area contributed by atoms with Crippen LogP contribution in [0, 0.1) is 6.92 Å². The highest BCUT2D eigenvalue weighted by Crippen LogP contribution is 2.19. The Morgan fingerprint density at radius 3 is 2.85 bits per heavy atom. The molecule has 2 aromatic rings. The Bertz CT molecular complexity index is 658. The minimum atomic E-state index is 0. The van der Waals surface area contributed by atoms with Crippen molar-refractivity contribution in [3.05, 3.63) is 48.0 Å². The zero-order chi connectivity index (χ0) is 17.9. The summed E-state index contributed by atoms with van der Waals surface area (Å²) in [5.74, 6) is 1.80. The van der Waals surface area contributed by atoms with Crippen LogP contribution in [0.3, 0.4) is 0 Å². The summed E-state index contributed by atoms with van der Waals surface area (Å²) in [6.07, 6.45) is 7.49. The zero-order valence-corrected chi connectivity index (χ0v) is 18.2. The molecule has 2 rings (SSSR count). The molecule has 0 aliphatic heterocycles. The van der Waals surface area contributed by atoms with E-state index in [1.165, 1.54) is 11.1 Å². The molecule has 6 nitrogen and oxygen atoms in total. The number of methoxy groups -OCH3 is 1. The van der Waals surface area contributed by atoms with E-state index < -0.39 is 0 Å². The predicted octanol–water partition coefficient (Wildman–Crippen LogP) is 3.01. The Morgan fingerprint density at radius 2 is 2.15 bits per heavy atom. The number of aromatic nitrogens is 2. The molecule has 26 heavy (non-hydrogen) atoms. The second kappa shape index (κ2) is 12.6. The molecule has 0 saturated heterocycles. The van der Waals surface area contributed by atoms with Gasteiger partial charge in [-0.2, -0.15) is 0 Å². The fraction of sp³-hybridized carbons (Fsp3) is 0.474. The van der Waals surface area contributed by atoms with Crippen molar-refractivity contribution in [2.45, 2.75) is 33.2 Å². The fourth-order valence-electron chi connectivity index (χ4n) is 2.62. The van der Waals surface area contributed by atoms with Gasteiger partial charge in [-0.1, -0.05) is 17.7 Å².